The van der Waals surface area contributed by atoms with E-state index in [4.69, 9.17) is 14.4 Å². The Labute approximate surface area is 212 Å². The summed E-state index contributed by atoms with van der Waals surface area (Å²) in [6.45, 7) is 12.1. The number of rotatable bonds is 6. The summed E-state index contributed by atoms with van der Waals surface area (Å²) < 4.78 is 19.9. The zero-order valence-corrected chi connectivity index (χ0v) is 21.9. The summed E-state index contributed by atoms with van der Waals surface area (Å²) in [6, 6.07) is 19.1. The monoisotopic (exact) mass is 480 g/mol. The molecular weight excluding hydrogens is 447 g/mol. The first-order chi connectivity index (χ1) is 17.2. The summed E-state index contributed by atoms with van der Waals surface area (Å²) >= 11 is 0. The van der Waals surface area contributed by atoms with Crippen LogP contribution in [0.15, 0.2) is 65.2 Å². The second-order valence-electron chi connectivity index (χ2n) is 11.0. The highest BCUT2D eigenvalue weighted by Crippen LogP contribution is 2.37. The highest BCUT2D eigenvalue weighted by Gasteiger charge is 2.22. The normalized spacial score (nSPS) is 12.2. The predicted octanol–water partition coefficient (Wildman–Crippen LogP) is 8.99. The molecule has 0 saturated heterocycles. The molecule has 5 rings (SSSR count). The summed E-state index contributed by atoms with van der Waals surface area (Å²) in [4.78, 5) is 9.60. The molecule has 0 aliphatic rings. The largest absolute Gasteiger partial charge is 0.434 e. The number of aromatic nitrogens is 2. The number of fused-ring (bicyclic) bond motifs is 2. The molecule has 2 heterocycles. The van der Waals surface area contributed by atoms with Gasteiger partial charge in [-0.1, -0.05) is 64.1 Å². The van der Waals surface area contributed by atoms with Crippen LogP contribution in [0.4, 0.5) is 4.39 Å². The van der Waals surface area contributed by atoms with Crippen LogP contribution in [0.1, 0.15) is 55.9 Å². The average molecular weight is 481 g/mol. The highest BCUT2D eigenvalue weighted by atomic mass is 19.1. The molecule has 4 heteroatoms. The fourth-order valence-electron chi connectivity index (χ4n) is 5.22. The molecule has 0 fully saturated rings. The lowest BCUT2D eigenvalue weighted by molar-refractivity contribution is 0.256. The van der Waals surface area contributed by atoms with Crippen LogP contribution >= 0.6 is 0 Å². The van der Waals surface area contributed by atoms with Crippen molar-refractivity contribution in [3.05, 3.63) is 83.0 Å². The summed E-state index contributed by atoms with van der Waals surface area (Å²) in [6.07, 6.45) is 2.49. The second kappa shape index (κ2) is 9.16. The van der Waals surface area contributed by atoms with Gasteiger partial charge >= 0.3 is 0 Å². The Bertz CT molecular complexity index is 1560. The zero-order chi connectivity index (χ0) is 25.6. The number of pyridine rings is 1. The molecule has 3 nitrogen and oxygen atoms in total. The Morgan fingerprint density at radius 1 is 0.972 bits per heavy atom. The third-order valence-electron chi connectivity index (χ3n) is 6.94. The molecule has 0 bridgehead atoms. The summed E-state index contributed by atoms with van der Waals surface area (Å²) in [5.74, 6) is 0.973. The molecule has 0 aliphatic heterocycles. The lowest BCUT2D eigenvalue weighted by Gasteiger charge is -2.21. The fourth-order valence-corrected chi connectivity index (χ4v) is 5.22. The van der Waals surface area contributed by atoms with E-state index in [1.54, 1.807) is 6.20 Å². The minimum atomic E-state index is -0.382. The van der Waals surface area contributed by atoms with E-state index in [9.17, 15) is 4.39 Å². The Morgan fingerprint density at radius 3 is 2.39 bits per heavy atom. The molecule has 184 valence electrons. The van der Waals surface area contributed by atoms with Crippen LogP contribution in [-0.4, -0.2) is 16.6 Å². The minimum Gasteiger partial charge on any atom is -0.434 e. The van der Waals surface area contributed by atoms with E-state index < -0.39 is 0 Å². The van der Waals surface area contributed by atoms with Crippen molar-refractivity contribution in [1.82, 2.24) is 9.97 Å². The van der Waals surface area contributed by atoms with Gasteiger partial charge in [-0.2, -0.15) is 0 Å². The lowest BCUT2D eigenvalue weighted by atomic mass is 9.85. The van der Waals surface area contributed by atoms with Crippen LogP contribution in [0.5, 0.6) is 0 Å². The van der Waals surface area contributed by atoms with Crippen LogP contribution in [-0.2, 0) is 6.42 Å². The van der Waals surface area contributed by atoms with Gasteiger partial charge in [0.25, 0.3) is 0 Å². The van der Waals surface area contributed by atoms with Crippen LogP contribution in [0, 0.1) is 19.3 Å². The van der Waals surface area contributed by atoms with E-state index in [1.165, 1.54) is 16.3 Å². The number of hydrogen-bond donors (Lipinski definition) is 0. The Balaban J connectivity index is 1.63. The zero-order valence-electron chi connectivity index (χ0n) is 21.9. The van der Waals surface area contributed by atoms with E-state index in [-0.39, 0.29) is 12.1 Å². The van der Waals surface area contributed by atoms with E-state index in [1.807, 2.05) is 19.9 Å². The van der Waals surface area contributed by atoms with Gasteiger partial charge in [0.05, 0.1) is 6.67 Å². The van der Waals surface area contributed by atoms with Gasteiger partial charge in [-0.05, 0) is 82.8 Å². The van der Waals surface area contributed by atoms with Gasteiger partial charge in [-0.3, -0.25) is 9.37 Å². The molecule has 0 radical (unpaired) electrons. The van der Waals surface area contributed by atoms with Gasteiger partial charge < -0.3 is 4.42 Å². The molecule has 0 atom stereocenters. The molecule has 36 heavy (non-hydrogen) atoms. The van der Waals surface area contributed by atoms with Crippen LogP contribution in [0.3, 0.4) is 0 Å². The maximum atomic E-state index is 13.4. The van der Waals surface area contributed by atoms with Crippen molar-refractivity contribution >= 4 is 21.9 Å². The molecule has 0 unspecified atom stereocenters. The molecule has 5 aromatic rings. The van der Waals surface area contributed by atoms with Crippen molar-refractivity contribution in [3.63, 3.8) is 0 Å². The van der Waals surface area contributed by atoms with Gasteiger partial charge in [0.2, 0.25) is 5.89 Å². The molecule has 0 saturated carbocycles. The van der Waals surface area contributed by atoms with Gasteiger partial charge in [0.1, 0.15) is 11.2 Å². The second-order valence-corrected chi connectivity index (χ2v) is 11.0. The fraction of sp³-hybridized carbons (Fsp3) is 0.312. The van der Waals surface area contributed by atoms with Crippen molar-refractivity contribution in [3.8, 4) is 22.7 Å². The Kier molecular flexibility index (Phi) is 6.15. The van der Waals surface area contributed by atoms with Crippen molar-refractivity contribution < 1.29 is 8.81 Å². The first-order valence-corrected chi connectivity index (χ1v) is 12.6. The summed E-state index contributed by atoms with van der Waals surface area (Å²) in [5, 5.41) is 2.46. The number of alkyl halides is 1. The maximum absolute atomic E-state index is 13.4. The van der Waals surface area contributed by atoms with Crippen molar-refractivity contribution in [2.45, 2.75) is 53.9 Å². The van der Waals surface area contributed by atoms with Gasteiger partial charge in [0.15, 0.2) is 5.58 Å². The molecule has 3 aromatic carbocycles. The van der Waals surface area contributed by atoms with Crippen molar-refractivity contribution in [2.24, 2.45) is 5.41 Å². The molecule has 0 spiro atoms. The third kappa shape index (κ3) is 4.41. The maximum Gasteiger partial charge on any atom is 0.227 e. The predicted molar refractivity (Wildman–Crippen MR) is 147 cm³/mol. The number of benzene rings is 3. The number of aryl methyl sites for hydroxylation is 2. The third-order valence-corrected chi connectivity index (χ3v) is 6.94. The summed E-state index contributed by atoms with van der Waals surface area (Å²) in [7, 11) is 0. The first kappa shape index (κ1) is 24.2. The number of oxazole rings is 1. The average Bonchev–Trinajstić information content (AvgIpc) is 3.26. The Morgan fingerprint density at radius 2 is 1.69 bits per heavy atom. The van der Waals surface area contributed by atoms with E-state index in [0.717, 1.165) is 39.0 Å². The smallest absolute Gasteiger partial charge is 0.227 e. The molecule has 0 amide bonds. The Hall–Kier alpha value is -3.53. The van der Waals surface area contributed by atoms with Crippen molar-refractivity contribution in [1.29, 1.82) is 0 Å². The quantitative estimate of drug-likeness (QED) is 0.243. The minimum absolute atomic E-state index is 0.346. The van der Waals surface area contributed by atoms with E-state index in [0.29, 0.717) is 23.8 Å². The van der Waals surface area contributed by atoms with Crippen LogP contribution in [0.25, 0.3) is 44.6 Å². The first-order valence-electron chi connectivity index (χ1n) is 12.6. The number of halogens is 1. The number of hydrogen-bond acceptors (Lipinski definition) is 3. The van der Waals surface area contributed by atoms with Gasteiger partial charge in [-0.25, -0.2) is 4.98 Å². The molecule has 0 aliphatic carbocycles. The molecule has 2 aromatic heterocycles. The lowest BCUT2D eigenvalue weighted by Crippen LogP contribution is -2.17. The summed E-state index contributed by atoms with van der Waals surface area (Å²) in [5.41, 5.74) is 8.50. The molecule has 0 N–H and O–H groups in total. The van der Waals surface area contributed by atoms with E-state index >= 15 is 0 Å². The van der Waals surface area contributed by atoms with Crippen molar-refractivity contribution in [2.75, 3.05) is 6.67 Å². The van der Waals surface area contributed by atoms with Gasteiger partial charge in [0, 0.05) is 17.3 Å². The standard InChI is InChI=1S/C32H33FN2O/c1-19(2)26-16-24(15-23-9-7-8-10-25(23)26)29-30-27(11-12-34-29)35-31(36-30)28-20(3)13-22(14-21(28)4)17-32(5,6)18-33/h7-16,19H,17-18H2,1-6H3. The SMILES string of the molecule is Cc1cc(CC(C)(C)CF)cc(C)c1-c1nc2ccnc(-c3cc(C(C)C)c4ccccc4c3)c2o1. The molecular formula is C32H33FN2O. The van der Waals surface area contributed by atoms with Gasteiger partial charge in [-0.15, -0.1) is 0 Å². The van der Waals surface area contributed by atoms with Crippen LogP contribution in [0.2, 0.25) is 0 Å². The number of nitrogens with zero attached hydrogens (tertiary/aromatic N) is 2. The van der Waals surface area contributed by atoms with Crippen LogP contribution < -0.4 is 0 Å². The highest BCUT2D eigenvalue weighted by molar-refractivity contribution is 5.95. The van der Waals surface area contributed by atoms with E-state index in [2.05, 4.69) is 76.2 Å². The topological polar surface area (TPSA) is 38.9 Å².